The van der Waals surface area contributed by atoms with Gasteiger partial charge in [0.05, 0.1) is 0 Å². The Hall–Kier alpha value is -1.35. The zero-order chi connectivity index (χ0) is 12.4. The van der Waals surface area contributed by atoms with Crippen molar-refractivity contribution in [1.82, 2.24) is 0 Å². The molecule has 3 heteroatoms. The fraction of sp³-hybridized carbons (Fsp3) is 0.462. The summed E-state index contributed by atoms with van der Waals surface area (Å²) in [4.78, 5) is 11.7. The van der Waals surface area contributed by atoms with E-state index in [-0.39, 0.29) is 0 Å². The smallest absolute Gasteiger partial charge is 0.326 e. The average molecular weight is 221 g/mol. The van der Waals surface area contributed by atoms with E-state index in [0.29, 0.717) is 0 Å². The molecule has 1 rings (SSSR count). The van der Waals surface area contributed by atoms with Gasteiger partial charge in [0.1, 0.15) is 11.1 Å². The second-order valence-electron chi connectivity index (χ2n) is 4.99. The van der Waals surface area contributed by atoms with Gasteiger partial charge < -0.3 is 10.5 Å². The minimum absolute atomic E-state index is 0.402. The molecule has 16 heavy (non-hydrogen) atoms. The number of ether oxygens (including phenoxy) is 1. The van der Waals surface area contributed by atoms with Gasteiger partial charge in [0.25, 0.3) is 0 Å². The number of nitrogens with two attached hydrogens (primary N) is 1. The van der Waals surface area contributed by atoms with Gasteiger partial charge in [-0.25, -0.2) is 0 Å². The fourth-order valence-electron chi connectivity index (χ4n) is 1.26. The third kappa shape index (κ3) is 3.07. The monoisotopic (exact) mass is 221 g/mol. The molecular formula is C13H19NO2. The van der Waals surface area contributed by atoms with Crippen LogP contribution >= 0.6 is 0 Å². The summed E-state index contributed by atoms with van der Waals surface area (Å²) in [5.74, 6) is -0.402. The number of hydrogen-bond donors (Lipinski definition) is 1. The topological polar surface area (TPSA) is 52.3 Å². The first-order chi connectivity index (χ1) is 7.23. The van der Waals surface area contributed by atoms with Gasteiger partial charge in [0.15, 0.2) is 0 Å². The average Bonchev–Trinajstić information content (AvgIpc) is 2.17. The number of carbonyl (C=O) groups is 1. The number of carbonyl (C=O) groups excluding carboxylic acids is 1. The van der Waals surface area contributed by atoms with Crippen molar-refractivity contribution in [3.8, 4) is 0 Å². The lowest BCUT2D eigenvalue weighted by molar-refractivity contribution is -0.162. The molecule has 1 aromatic carbocycles. The minimum Gasteiger partial charge on any atom is -0.453 e. The summed E-state index contributed by atoms with van der Waals surface area (Å²) in [6.45, 7) is 6.98. The SMILES string of the molecule is CC(C)(N)C(=O)OC(C)(C)c1ccccc1. The highest BCUT2D eigenvalue weighted by atomic mass is 16.6. The molecule has 0 saturated heterocycles. The third-order valence-corrected chi connectivity index (χ3v) is 2.34. The van der Waals surface area contributed by atoms with Gasteiger partial charge in [-0.3, -0.25) is 4.79 Å². The molecule has 1 aromatic rings. The molecule has 0 heterocycles. The van der Waals surface area contributed by atoms with Gasteiger partial charge in [-0.2, -0.15) is 0 Å². The molecule has 0 aliphatic rings. The van der Waals surface area contributed by atoms with E-state index in [4.69, 9.17) is 10.5 Å². The number of esters is 1. The van der Waals surface area contributed by atoms with Crippen LogP contribution in [0.4, 0.5) is 0 Å². The Morgan fingerprint density at radius 1 is 1.12 bits per heavy atom. The van der Waals surface area contributed by atoms with Crippen molar-refractivity contribution in [2.75, 3.05) is 0 Å². The van der Waals surface area contributed by atoms with Crippen LogP contribution in [0.15, 0.2) is 30.3 Å². The van der Waals surface area contributed by atoms with Crippen molar-refractivity contribution >= 4 is 5.97 Å². The molecule has 0 spiro atoms. The Labute approximate surface area is 96.6 Å². The quantitative estimate of drug-likeness (QED) is 0.796. The van der Waals surface area contributed by atoms with Crippen LogP contribution in [0.2, 0.25) is 0 Å². The Morgan fingerprint density at radius 3 is 2.06 bits per heavy atom. The predicted octanol–water partition coefficient (Wildman–Crippen LogP) is 2.20. The van der Waals surface area contributed by atoms with Gasteiger partial charge in [-0.15, -0.1) is 0 Å². The van der Waals surface area contributed by atoms with E-state index in [1.165, 1.54) is 0 Å². The van der Waals surface area contributed by atoms with Crippen LogP contribution in [-0.2, 0) is 15.1 Å². The summed E-state index contributed by atoms with van der Waals surface area (Å²) in [7, 11) is 0. The molecule has 0 saturated carbocycles. The molecule has 0 aliphatic heterocycles. The summed E-state index contributed by atoms with van der Waals surface area (Å²) >= 11 is 0. The lowest BCUT2D eigenvalue weighted by Crippen LogP contribution is -2.45. The van der Waals surface area contributed by atoms with Crippen LogP contribution in [0.25, 0.3) is 0 Å². The van der Waals surface area contributed by atoms with E-state index >= 15 is 0 Å². The van der Waals surface area contributed by atoms with Crippen LogP contribution in [-0.4, -0.2) is 11.5 Å². The number of benzene rings is 1. The Morgan fingerprint density at radius 2 is 1.62 bits per heavy atom. The predicted molar refractivity (Wildman–Crippen MR) is 63.8 cm³/mol. The van der Waals surface area contributed by atoms with Crippen molar-refractivity contribution in [3.05, 3.63) is 35.9 Å². The molecule has 88 valence electrons. The third-order valence-electron chi connectivity index (χ3n) is 2.34. The summed E-state index contributed by atoms with van der Waals surface area (Å²) < 4.78 is 5.42. The molecule has 0 bridgehead atoms. The van der Waals surface area contributed by atoms with Crippen LogP contribution in [0.5, 0.6) is 0 Å². The Kier molecular flexibility index (Phi) is 3.38. The molecule has 2 N–H and O–H groups in total. The van der Waals surface area contributed by atoms with Gasteiger partial charge >= 0.3 is 5.97 Å². The maximum atomic E-state index is 11.7. The second kappa shape index (κ2) is 4.26. The molecule has 0 amide bonds. The van der Waals surface area contributed by atoms with Crippen molar-refractivity contribution < 1.29 is 9.53 Å². The molecule has 0 atom stereocenters. The Balaban J connectivity index is 2.85. The van der Waals surface area contributed by atoms with Crippen molar-refractivity contribution in [2.45, 2.75) is 38.8 Å². The first-order valence-electron chi connectivity index (χ1n) is 5.31. The van der Waals surface area contributed by atoms with Crippen LogP contribution in [0, 0.1) is 0 Å². The maximum absolute atomic E-state index is 11.7. The summed E-state index contributed by atoms with van der Waals surface area (Å²) in [6, 6.07) is 9.61. The van der Waals surface area contributed by atoms with Gasteiger partial charge in [-0.1, -0.05) is 30.3 Å². The summed E-state index contributed by atoms with van der Waals surface area (Å²) in [5.41, 5.74) is 5.02. The molecule has 0 aromatic heterocycles. The number of hydrogen-bond acceptors (Lipinski definition) is 3. The van der Waals surface area contributed by atoms with E-state index < -0.39 is 17.1 Å². The highest BCUT2D eigenvalue weighted by molar-refractivity contribution is 5.79. The molecular weight excluding hydrogens is 202 g/mol. The molecule has 3 nitrogen and oxygen atoms in total. The van der Waals surface area contributed by atoms with Crippen molar-refractivity contribution in [2.24, 2.45) is 5.73 Å². The molecule has 0 unspecified atom stereocenters. The lowest BCUT2D eigenvalue weighted by atomic mass is 9.97. The van der Waals surface area contributed by atoms with Crippen molar-refractivity contribution in [1.29, 1.82) is 0 Å². The highest BCUT2D eigenvalue weighted by Gasteiger charge is 2.31. The van der Waals surface area contributed by atoms with Crippen molar-refractivity contribution in [3.63, 3.8) is 0 Å². The molecule has 0 radical (unpaired) electrons. The molecule has 0 fully saturated rings. The minimum atomic E-state index is -0.966. The first-order valence-corrected chi connectivity index (χ1v) is 5.31. The van der Waals surface area contributed by atoms with Gasteiger partial charge in [0.2, 0.25) is 0 Å². The second-order valence-corrected chi connectivity index (χ2v) is 4.99. The largest absolute Gasteiger partial charge is 0.453 e. The first kappa shape index (κ1) is 12.7. The van der Waals surface area contributed by atoms with Crippen LogP contribution in [0.3, 0.4) is 0 Å². The maximum Gasteiger partial charge on any atom is 0.326 e. The molecule has 0 aliphatic carbocycles. The zero-order valence-corrected chi connectivity index (χ0v) is 10.3. The lowest BCUT2D eigenvalue weighted by Gasteiger charge is -2.29. The van der Waals surface area contributed by atoms with Crippen LogP contribution in [0.1, 0.15) is 33.3 Å². The standard InChI is InChI=1S/C13H19NO2/c1-12(2,14)11(15)16-13(3,4)10-8-6-5-7-9-10/h5-9H,14H2,1-4H3. The summed E-state index contributed by atoms with van der Waals surface area (Å²) in [6.07, 6.45) is 0. The fourth-order valence-corrected chi connectivity index (χ4v) is 1.26. The van der Waals surface area contributed by atoms with Gasteiger partial charge in [0, 0.05) is 0 Å². The number of rotatable bonds is 3. The Bertz CT molecular complexity index is 363. The zero-order valence-electron chi connectivity index (χ0n) is 10.3. The van der Waals surface area contributed by atoms with E-state index in [1.54, 1.807) is 13.8 Å². The van der Waals surface area contributed by atoms with E-state index in [9.17, 15) is 4.79 Å². The van der Waals surface area contributed by atoms with E-state index in [0.717, 1.165) is 5.56 Å². The van der Waals surface area contributed by atoms with Gasteiger partial charge in [-0.05, 0) is 33.3 Å². The highest BCUT2D eigenvalue weighted by Crippen LogP contribution is 2.25. The van der Waals surface area contributed by atoms with E-state index in [2.05, 4.69) is 0 Å². The summed E-state index contributed by atoms with van der Waals surface area (Å²) in [5, 5.41) is 0. The van der Waals surface area contributed by atoms with E-state index in [1.807, 2.05) is 44.2 Å². The normalized spacial score (nSPS) is 12.3. The van der Waals surface area contributed by atoms with Crippen LogP contribution < -0.4 is 5.73 Å².